The van der Waals surface area contributed by atoms with Gasteiger partial charge in [-0.3, -0.25) is 14.2 Å². The average Bonchev–Trinajstić information content (AvgIpc) is 2.92. The number of rotatable bonds is 9. The van der Waals surface area contributed by atoms with Crippen molar-refractivity contribution in [1.29, 1.82) is 0 Å². The number of amides is 1. The van der Waals surface area contributed by atoms with Gasteiger partial charge in [0.25, 0.3) is 11.5 Å². The normalized spacial score (nSPS) is 11.0. The first kappa shape index (κ1) is 25.6. The molecule has 0 bridgehead atoms. The molecule has 10 nitrogen and oxygen atoms in total. The predicted molar refractivity (Wildman–Crippen MR) is 142 cm³/mol. The van der Waals surface area contributed by atoms with Crippen LogP contribution in [0, 0.1) is 0 Å². The number of para-hydroxylation sites is 1. The molecule has 0 aliphatic rings. The second kappa shape index (κ2) is 11.5. The summed E-state index contributed by atoms with van der Waals surface area (Å²) in [4.78, 5) is 30.5. The first-order valence-corrected chi connectivity index (χ1v) is 12.0. The minimum absolute atomic E-state index is 0.0412. The lowest BCUT2D eigenvalue weighted by Gasteiger charge is -2.13. The van der Waals surface area contributed by atoms with E-state index in [4.69, 9.17) is 14.2 Å². The number of aromatic nitrogens is 2. The van der Waals surface area contributed by atoms with Gasteiger partial charge < -0.3 is 19.3 Å². The molecule has 190 valence electrons. The number of hydrogen-bond acceptors (Lipinski definition) is 9. The van der Waals surface area contributed by atoms with Crippen molar-refractivity contribution in [3.63, 3.8) is 0 Å². The van der Waals surface area contributed by atoms with E-state index in [1.54, 1.807) is 67.8 Å². The number of phenols is 1. The molecule has 0 fully saturated rings. The molecule has 1 aromatic heterocycles. The van der Waals surface area contributed by atoms with E-state index in [1.165, 1.54) is 25.0 Å². The molecular weight excluding hydrogens is 496 g/mol. The number of phenolic OH excluding ortho intramolecular Hbond substituents is 1. The van der Waals surface area contributed by atoms with Gasteiger partial charge in [0.2, 0.25) is 5.75 Å². The largest absolute Gasteiger partial charge is 0.502 e. The van der Waals surface area contributed by atoms with Crippen LogP contribution >= 0.6 is 11.8 Å². The lowest BCUT2D eigenvalue weighted by atomic mass is 10.2. The second-order valence-corrected chi connectivity index (χ2v) is 8.55. The van der Waals surface area contributed by atoms with Gasteiger partial charge in [-0.1, -0.05) is 23.9 Å². The summed E-state index contributed by atoms with van der Waals surface area (Å²) in [6.45, 7) is 0. The molecule has 0 atom stereocenters. The molecule has 0 radical (unpaired) electrons. The Balaban J connectivity index is 1.54. The highest BCUT2D eigenvalue weighted by atomic mass is 32.2. The van der Waals surface area contributed by atoms with Crippen molar-refractivity contribution in [2.45, 2.75) is 5.16 Å². The number of ether oxygens (including phenoxy) is 3. The average molecular weight is 521 g/mol. The van der Waals surface area contributed by atoms with E-state index in [-0.39, 0.29) is 28.6 Å². The molecule has 0 spiro atoms. The highest BCUT2D eigenvalue weighted by Gasteiger charge is 2.15. The molecule has 37 heavy (non-hydrogen) atoms. The molecule has 3 aromatic carbocycles. The van der Waals surface area contributed by atoms with Crippen molar-refractivity contribution >= 4 is 34.8 Å². The molecule has 1 heterocycles. The van der Waals surface area contributed by atoms with Crippen molar-refractivity contribution in [3.8, 4) is 28.7 Å². The van der Waals surface area contributed by atoms with E-state index in [9.17, 15) is 14.7 Å². The second-order valence-electron chi connectivity index (χ2n) is 7.61. The van der Waals surface area contributed by atoms with Crippen LogP contribution in [0.15, 0.2) is 75.7 Å². The van der Waals surface area contributed by atoms with Gasteiger partial charge >= 0.3 is 0 Å². The van der Waals surface area contributed by atoms with Crippen molar-refractivity contribution < 1.29 is 24.1 Å². The quantitative estimate of drug-likeness (QED) is 0.149. The van der Waals surface area contributed by atoms with Crippen LogP contribution in [0.5, 0.6) is 23.0 Å². The molecule has 1 amide bonds. The van der Waals surface area contributed by atoms with E-state index < -0.39 is 5.91 Å². The minimum Gasteiger partial charge on any atom is -0.502 e. The Kier molecular flexibility index (Phi) is 7.94. The molecule has 4 aromatic rings. The van der Waals surface area contributed by atoms with E-state index in [0.29, 0.717) is 33.1 Å². The van der Waals surface area contributed by atoms with Crippen molar-refractivity contribution in [2.75, 3.05) is 27.1 Å². The Bertz CT molecular complexity index is 1490. The highest BCUT2D eigenvalue weighted by Crippen LogP contribution is 2.36. The van der Waals surface area contributed by atoms with E-state index in [1.807, 2.05) is 0 Å². The lowest BCUT2D eigenvalue weighted by molar-refractivity contribution is -0.118. The summed E-state index contributed by atoms with van der Waals surface area (Å²) in [5, 5.41) is 14.8. The molecule has 11 heteroatoms. The SMILES string of the molecule is COc1ccc(-n2c(SCC(=O)NN=Cc3cc(OC)c(O)c(OC)c3)nc3ccccc3c2=O)cc1. The fraction of sp³-hybridized carbons (Fsp3) is 0.154. The van der Waals surface area contributed by atoms with Crippen molar-refractivity contribution in [3.05, 3.63) is 76.6 Å². The third-order valence-corrected chi connectivity index (χ3v) is 6.25. The Morgan fingerprint density at radius 1 is 1.05 bits per heavy atom. The zero-order valence-electron chi connectivity index (χ0n) is 20.3. The number of fused-ring (bicyclic) bond motifs is 1. The first-order chi connectivity index (χ1) is 17.9. The number of nitrogens with one attached hydrogen (secondary N) is 1. The van der Waals surface area contributed by atoms with Gasteiger partial charge in [0.1, 0.15) is 5.75 Å². The number of benzene rings is 3. The number of hydrogen-bond donors (Lipinski definition) is 2. The maximum Gasteiger partial charge on any atom is 0.266 e. The fourth-order valence-electron chi connectivity index (χ4n) is 3.50. The van der Waals surface area contributed by atoms with Gasteiger partial charge in [0.15, 0.2) is 16.7 Å². The summed E-state index contributed by atoms with van der Waals surface area (Å²) < 4.78 is 16.9. The van der Waals surface area contributed by atoms with E-state index in [2.05, 4.69) is 15.5 Å². The summed E-state index contributed by atoms with van der Waals surface area (Å²) in [5.41, 5.74) is 3.89. The number of carbonyl (C=O) groups is 1. The number of methoxy groups -OCH3 is 3. The monoisotopic (exact) mass is 520 g/mol. The Labute approximate surface area is 216 Å². The van der Waals surface area contributed by atoms with Gasteiger partial charge in [-0.15, -0.1) is 0 Å². The van der Waals surface area contributed by atoms with Crippen LogP contribution in [0.4, 0.5) is 0 Å². The summed E-state index contributed by atoms with van der Waals surface area (Å²) in [7, 11) is 4.40. The number of thioether (sulfide) groups is 1. The van der Waals surface area contributed by atoms with Gasteiger partial charge in [0.05, 0.1) is 49.9 Å². The molecule has 0 aliphatic carbocycles. The number of carbonyl (C=O) groups excluding carboxylic acids is 1. The summed E-state index contributed by atoms with van der Waals surface area (Å²) in [6.07, 6.45) is 1.40. The van der Waals surface area contributed by atoms with Crippen LogP contribution in [-0.4, -0.2) is 53.9 Å². The molecule has 0 saturated heterocycles. The Morgan fingerprint density at radius 2 is 1.73 bits per heavy atom. The third kappa shape index (κ3) is 5.67. The van der Waals surface area contributed by atoms with E-state index >= 15 is 0 Å². The molecule has 2 N–H and O–H groups in total. The smallest absolute Gasteiger partial charge is 0.266 e. The maximum absolute atomic E-state index is 13.3. The van der Waals surface area contributed by atoms with Gasteiger partial charge in [-0.25, -0.2) is 10.4 Å². The summed E-state index contributed by atoms with van der Waals surface area (Å²) >= 11 is 1.11. The van der Waals surface area contributed by atoms with Crippen LogP contribution in [0.3, 0.4) is 0 Å². The Hall–Kier alpha value is -4.51. The van der Waals surface area contributed by atoms with Crippen LogP contribution in [0.1, 0.15) is 5.56 Å². The van der Waals surface area contributed by atoms with Crippen LogP contribution < -0.4 is 25.2 Å². The number of aromatic hydroxyl groups is 1. The fourth-order valence-corrected chi connectivity index (χ4v) is 4.30. The number of nitrogens with zero attached hydrogens (tertiary/aromatic N) is 3. The Morgan fingerprint density at radius 3 is 2.38 bits per heavy atom. The summed E-state index contributed by atoms with van der Waals surface area (Å²) in [6, 6.07) is 17.2. The molecular formula is C26H24N4O6S. The first-order valence-electron chi connectivity index (χ1n) is 11.0. The van der Waals surface area contributed by atoms with Gasteiger partial charge in [-0.05, 0) is 48.5 Å². The minimum atomic E-state index is -0.400. The molecule has 0 unspecified atom stereocenters. The highest BCUT2D eigenvalue weighted by molar-refractivity contribution is 7.99. The molecule has 0 saturated carbocycles. The van der Waals surface area contributed by atoms with Gasteiger partial charge in [0, 0.05) is 5.56 Å². The standard InChI is InChI=1S/C26H24N4O6S/c1-34-18-10-8-17(9-11-18)30-25(33)19-6-4-5-7-20(19)28-26(30)37-15-23(31)29-27-14-16-12-21(35-2)24(32)22(13-16)36-3/h4-14,32H,15H2,1-3H3,(H,29,31). The van der Waals surface area contributed by atoms with Crippen molar-refractivity contribution in [1.82, 2.24) is 15.0 Å². The van der Waals surface area contributed by atoms with Crippen LogP contribution in [0.25, 0.3) is 16.6 Å². The summed E-state index contributed by atoms with van der Waals surface area (Å²) in [5.74, 6) is 0.501. The van der Waals surface area contributed by atoms with Gasteiger partial charge in [-0.2, -0.15) is 5.10 Å². The van der Waals surface area contributed by atoms with Crippen LogP contribution in [-0.2, 0) is 4.79 Å². The van der Waals surface area contributed by atoms with Crippen LogP contribution in [0.2, 0.25) is 0 Å². The topological polar surface area (TPSA) is 124 Å². The van der Waals surface area contributed by atoms with Crippen molar-refractivity contribution in [2.24, 2.45) is 5.10 Å². The third-order valence-electron chi connectivity index (χ3n) is 5.31. The zero-order valence-corrected chi connectivity index (χ0v) is 21.1. The number of hydrazone groups is 1. The zero-order chi connectivity index (χ0) is 26.4. The lowest BCUT2D eigenvalue weighted by Crippen LogP contribution is -2.24. The molecule has 0 aliphatic heterocycles. The molecule has 4 rings (SSSR count). The maximum atomic E-state index is 13.3. The van der Waals surface area contributed by atoms with E-state index in [0.717, 1.165) is 11.8 Å². The predicted octanol–water partition coefficient (Wildman–Crippen LogP) is 3.36.